The smallest absolute Gasteiger partial charge is 0.251 e. The van der Waals surface area contributed by atoms with Crippen LogP contribution in [-0.2, 0) is 17.9 Å². The number of hydrogen-bond acceptors (Lipinski definition) is 4. The van der Waals surface area contributed by atoms with Gasteiger partial charge in [-0.3, -0.25) is 14.5 Å². The quantitative estimate of drug-likeness (QED) is 0.503. The number of carbonyl (C=O) groups excluding carboxylic acids is 2. The summed E-state index contributed by atoms with van der Waals surface area (Å²) in [5, 5.41) is 8.42. The number of rotatable bonds is 7. The molecule has 1 N–H and O–H groups in total. The zero-order valence-corrected chi connectivity index (χ0v) is 21.2. The van der Waals surface area contributed by atoms with Crippen molar-refractivity contribution in [3.8, 4) is 11.3 Å². The number of aromatic nitrogens is 2. The summed E-state index contributed by atoms with van der Waals surface area (Å²) >= 11 is 6.02. The van der Waals surface area contributed by atoms with Gasteiger partial charge in [0.25, 0.3) is 5.91 Å². The molecule has 188 valence electrons. The largest absolute Gasteiger partial charge is 0.351 e. The normalized spacial score (nSPS) is 16.5. The lowest BCUT2D eigenvalue weighted by Gasteiger charge is -2.27. The molecule has 0 bridgehead atoms. The first-order valence-corrected chi connectivity index (χ1v) is 13.2. The summed E-state index contributed by atoms with van der Waals surface area (Å²) in [6.45, 7) is 4.80. The Labute approximate surface area is 217 Å². The summed E-state index contributed by atoms with van der Waals surface area (Å²) in [5.74, 6) is 0.794. The molecule has 0 unspecified atom stereocenters. The van der Waals surface area contributed by atoms with Crippen LogP contribution in [0.5, 0.6) is 0 Å². The van der Waals surface area contributed by atoms with E-state index in [9.17, 15) is 9.59 Å². The molecule has 5 rings (SSSR count). The number of nitrogens with one attached hydrogen (secondary N) is 1. The summed E-state index contributed by atoms with van der Waals surface area (Å²) in [4.78, 5) is 29.6. The summed E-state index contributed by atoms with van der Waals surface area (Å²) in [6, 6.07) is 17.0. The van der Waals surface area contributed by atoms with Gasteiger partial charge in [-0.25, -0.2) is 4.68 Å². The molecule has 1 aromatic heterocycles. The minimum absolute atomic E-state index is 0.0592. The van der Waals surface area contributed by atoms with Crippen LogP contribution in [0.2, 0.25) is 5.02 Å². The van der Waals surface area contributed by atoms with Gasteiger partial charge in [0.1, 0.15) is 5.82 Å². The minimum Gasteiger partial charge on any atom is -0.351 e. The van der Waals surface area contributed by atoms with Crippen molar-refractivity contribution in [1.29, 1.82) is 0 Å². The van der Waals surface area contributed by atoms with Crippen molar-refractivity contribution in [2.24, 2.45) is 0 Å². The number of fused-ring (bicyclic) bond motifs is 1. The molecular formula is C28H32ClN5O2. The Morgan fingerprint density at radius 1 is 0.944 bits per heavy atom. The molecule has 36 heavy (non-hydrogen) atoms. The van der Waals surface area contributed by atoms with E-state index in [1.54, 1.807) is 4.90 Å². The molecule has 1 fully saturated rings. The molecule has 7 nitrogen and oxygen atoms in total. The molecular weight excluding hydrogens is 474 g/mol. The Hall–Kier alpha value is -3.16. The maximum Gasteiger partial charge on any atom is 0.251 e. The molecule has 3 heterocycles. The maximum atomic E-state index is 12.8. The van der Waals surface area contributed by atoms with Crippen LogP contribution in [-0.4, -0.2) is 52.7 Å². The van der Waals surface area contributed by atoms with Crippen LogP contribution in [0.3, 0.4) is 0 Å². The lowest BCUT2D eigenvalue weighted by Crippen LogP contribution is -2.37. The highest BCUT2D eigenvalue weighted by Crippen LogP contribution is 2.30. The third-order valence-electron chi connectivity index (χ3n) is 6.98. The zero-order chi connectivity index (χ0) is 24.9. The number of anilines is 1. The Kier molecular flexibility index (Phi) is 7.68. The second kappa shape index (κ2) is 11.3. The van der Waals surface area contributed by atoms with Crippen molar-refractivity contribution in [1.82, 2.24) is 20.0 Å². The Morgan fingerprint density at radius 3 is 2.39 bits per heavy atom. The van der Waals surface area contributed by atoms with Crippen molar-refractivity contribution in [2.75, 3.05) is 31.1 Å². The Bertz CT molecular complexity index is 1200. The lowest BCUT2D eigenvalue weighted by atomic mass is 10.1. The fraction of sp³-hybridized carbons (Fsp3) is 0.393. The highest BCUT2D eigenvalue weighted by atomic mass is 35.5. The van der Waals surface area contributed by atoms with E-state index in [1.165, 1.54) is 25.7 Å². The van der Waals surface area contributed by atoms with Gasteiger partial charge in [0.05, 0.1) is 18.8 Å². The van der Waals surface area contributed by atoms with Crippen molar-refractivity contribution in [3.05, 3.63) is 70.7 Å². The van der Waals surface area contributed by atoms with E-state index in [-0.39, 0.29) is 11.8 Å². The van der Waals surface area contributed by atoms with Gasteiger partial charge in [0.2, 0.25) is 5.91 Å². The fourth-order valence-electron chi connectivity index (χ4n) is 4.92. The lowest BCUT2D eigenvalue weighted by molar-refractivity contribution is -0.119. The summed E-state index contributed by atoms with van der Waals surface area (Å²) < 4.78 is 1.89. The van der Waals surface area contributed by atoms with Crippen LogP contribution >= 0.6 is 11.6 Å². The first-order chi connectivity index (χ1) is 17.6. The number of benzene rings is 2. The summed E-state index contributed by atoms with van der Waals surface area (Å²) in [6.07, 6.45) is 5.52. The van der Waals surface area contributed by atoms with Crippen LogP contribution in [0.4, 0.5) is 5.82 Å². The molecule has 2 aliphatic rings. The molecule has 0 spiro atoms. The third-order valence-corrected chi connectivity index (χ3v) is 7.23. The molecule has 0 saturated carbocycles. The van der Waals surface area contributed by atoms with E-state index >= 15 is 0 Å². The van der Waals surface area contributed by atoms with Gasteiger partial charge in [0.15, 0.2) is 0 Å². The van der Waals surface area contributed by atoms with Gasteiger partial charge in [0, 0.05) is 41.7 Å². The minimum atomic E-state index is -0.0592. The molecule has 2 aromatic carbocycles. The standard InChI is InChI=1S/C28H32ClN5O2/c29-24-11-9-22(10-12-24)25-19-26-33(27(35)13-17-34(26)31-25)20-21-5-7-23(8-6-21)28(36)30-14-18-32-15-3-1-2-4-16-32/h5-12,19H,1-4,13-18,20H2,(H,30,36). The van der Waals surface area contributed by atoms with Crippen LogP contribution < -0.4 is 10.2 Å². The second-order valence-electron chi connectivity index (χ2n) is 9.56. The third kappa shape index (κ3) is 5.79. The van der Waals surface area contributed by atoms with Crippen molar-refractivity contribution >= 4 is 29.2 Å². The van der Waals surface area contributed by atoms with Crippen LogP contribution in [0.25, 0.3) is 11.3 Å². The number of carbonyl (C=O) groups is 2. The molecule has 2 aliphatic heterocycles. The maximum absolute atomic E-state index is 12.8. The molecule has 2 amide bonds. The van der Waals surface area contributed by atoms with Gasteiger partial charge in [-0.05, 0) is 55.8 Å². The van der Waals surface area contributed by atoms with Crippen molar-refractivity contribution in [3.63, 3.8) is 0 Å². The average molecular weight is 506 g/mol. The molecule has 0 radical (unpaired) electrons. The van der Waals surface area contributed by atoms with Gasteiger partial charge < -0.3 is 10.2 Å². The fourth-order valence-corrected chi connectivity index (χ4v) is 5.04. The van der Waals surface area contributed by atoms with Crippen LogP contribution in [0.1, 0.15) is 48.0 Å². The molecule has 0 aliphatic carbocycles. The second-order valence-corrected chi connectivity index (χ2v) is 9.99. The zero-order valence-electron chi connectivity index (χ0n) is 20.5. The molecule has 1 saturated heterocycles. The number of amides is 2. The number of halogens is 1. The van der Waals surface area contributed by atoms with Gasteiger partial charge in [-0.15, -0.1) is 0 Å². The summed E-state index contributed by atoms with van der Waals surface area (Å²) in [7, 11) is 0. The van der Waals surface area contributed by atoms with E-state index in [0.29, 0.717) is 36.6 Å². The van der Waals surface area contributed by atoms with Crippen molar-refractivity contribution < 1.29 is 9.59 Å². The van der Waals surface area contributed by atoms with E-state index < -0.39 is 0 Å². The Morgan fingerprint density at radius 2 is 1.67 bits per heavy atom. The van der Waals surface area contributed by atoms with Gasteiger partial charge in [-0.2, -0.15) is 5.10 Å². The molecule has 3 aromatic rings. The SMILES string of the molecule is O=C(NCCN1CCCCCC1)c1ccc(CN2C(=O)CCn3nc(-c4ccc(Cl)cc4)cc32)cc1. The highest BCUT2D eigenvalue weighted by molar-refractivity contribution is 6.30. The van der Waals surface area contributed by atoms with Gasteiger partial charge in [-0.1, -0.05) is 48.7 Å². The molecule has 0 atom stereocenters. The van der Waals surface area contributed by atoms with Gasteiger partial charge >= 0.3 is 0 Å². The average Bonchev–Trinajstić information content (AvgIpc) is 3.15. The molecule has 8 heteroatoms. The predicted molar refractivity (Wildman–Crippen MR) is 142 cm³/mol. The first kappa shape index (κ1) is 24.5. The van der Waals surface area contributed by atoms with E-state index in [4.69, 9.17) is 16.7 Å². The first-order valence-electron chi connectivity index (χ1n) is 12.8. The summed E-state index contributed by atoms with van der Waals surface area (Å²) in [5.41, 5.74) is 3.37. The van der Waals surface area contributed by atoms with E-state index in [1.807, 2.05) is 59.3 Å². The number of likely N-dealkylation sites (tertiary alicyclic amines) is 1. The van der Waals surface area contributed by atoms with E-state index in [2.05, 4.69) is 10.2 Å². The van der Waals surface area contributed by atoms with Crippen LogP contribution in [0, 0.1) is 0 Å². The van der Waals surface area contributed by atoms with Crippen LogP contribution in [0.15, 0.2) is 54.6 Å². The highest BCUT2D eigenvalue weighted by Gasteiger charge is 2.26. The van der Waals surface area contributed by atoms with E-state index in [0.717, 1.165) is 42.3 Å². The predicted octanol–water partition coefficient (Wildman–Crippen LogP) is 4.75. The number of nitrogens with zero attached hydrogens (tertiary/aromatic N) is 4. The topological polar surface area (TPSA) is 70.5 Å². The van der Waals surface area contributed by atoms with Crippen molar-refractivity contribution in [2.45, 2.75) is 45.2 Å². The number of hydrogen-bond donors (Lipinski definition) is 1. The number of aryl methyl sites for hydroxylation is 1. The monoisotopic (exact) mass is 505 g/mol. The Balaban J connectivity index is 1.21.